The molecule has 1 unspecified atom stereocenters. The molecule has 1 heterocycles. The van der Waals surface area contributed by atoms with Crippen molar-refractivity contribution in [2.75, 3.05) is 13.7 Å². The second-order valence-electron chi connectivity index (χ2n) is 3.21. The molecule has 0 fully saturated rings. The number of hydrogen-bond acceptors (Lipinski definition) is 6. The minimum absolute atomic E-state index is 0.00144. The molecule has 0 aliphatic carbocycles. The van der Waals surface area contributed by atoms with Gasteiger partial charge in [0.2, 0.25) is 0 Å². The number of thiophene rings is 1. The van der Waals surface area contributed by atoms with Gasteiger partial charge in [-0.05, 0) is 11.4 Å². The number of nitrogens with two attached hydrogens (primary N) is 1. The number of hydrogen-bond donors (Lipinski definition) is 1. The molecule has 0 spiro atoms. The quantitative estimate of drug-likeness (QED) is 0.381. The van der Waals surface area contributed by atoms with Crippen LogP contribution in [0.15, 0.2) is 17.5 Å². The van der Waals surface area contributed by atoms with Crippen molar-refractivity contribution in [3.8, 4) is 0 Å². The number of carbonyl (C=O) groups excluding carboxylic acids is 2. The third-order valence-electron chi connectivity index (χ3n) is 2.04. The molecule has 1 aromatic heterocycles. The summed E-state index contributed by atoms with van der Waals surface area (Å²) in [4.78, 5) is 22.9. The Morgan fingerprint density at radius 3 is 2.76 bits per heavy atom. The monoisotopic (exact) mass is 258 g/mol. The fourth-order valence-corrected chi connectivity index (χ4v) is 2.02. The molecule has 0 aromatic carbocycles. The van der Waals surface area contributed by atoms with Crippen LogP contribution in [0.3, 0.4) is 0 Å². The average Bonchev–Trinajstić information content (AvgIpc) is 2.81. The molecule has 94 valence electrons. The maximum absolute atomic E-state index is 11.3. The van der Waals surface area contributed by atoms with E-state index in [4.69, 9.17) is 10.6 Å². The lowest BCUT2D eigenvalue weighted by molar-refractivity contribution is -0.142. The van der Waals surface area contributed by atoms with E-state index in [-0.39, 0.29) is 6.61 Å². The zero-order chi connectivity index (χ0) is 12.8. The summed E-state index contributed by atoms with van der Waals surface area (Å²) >= 11 is 1.42. The number of esters is 1. The average molecular weight is 258 g/mol. The first kappa shape index (κ1) is 13.5. The summed E-state index contributed by atoms with van der Waals surface area (Å²) in [7, 11) is 1.24. The molecule has 0 radical (unpaired) electrons. The maximum atomic E-state index is 11.3. The van der Waals surface area contributed by atoms with Crippen molar-refractivity contribution in [3.05, 3.63) is 22.4 Å². The number of hydrazine groups is 1. The van der Waals surface area contributed by atoms with E-state index in [9.17, 15) is 9.59 Å². The molecule has 0 saturated heterocycles. The Morgan fingerprint density at radius 1 is 1.59 bits per heavy atom. The fourth-order valence-electron chi connectivity index (χ4n) is 1.21. The van der Waals surface area contributed by atoms with Gasteiger partial charge in [-0.1, -0.05) is 6.07 Å². The van der Waals surface area contributed by atoms with Crippen LogP contribution in [0.2, 0.25) is 0 Å². The Bertz CT molecular complexity index is 380. The summed E-state index contributed by atoms with van der Waals surface area (Å²) in [6, 6.07) is 3.10. The van der Waals surface area contributed by atoms with Crippen LogP contribution in [0.1, 0.15) is 17.8 Å². The molecule has 0 aliphatic heterocycles. The molecular formula is C10H14N2O4S. The van der Waals surface area contributed by atoms with E-state index >= 15 is 0 Å². The predicted molar refractivity (Wildman–Crippen MR) is 62.1 cm³/mol. The van der Waals surface area contributed by atoms with Gasteiger partial charge in [0.1, 0.15) is 12.6 Å². The number of ether oxygens (including phenoxy) is 2. The third-order valence-corrected chi connectivity index (χ3v) is 3.01. The first-order chi connectivity index (χ1) is 8.06. The minimum atomic E-state index is -0.685. The van der Waals surface area contributed by atoms with Crippen LogP contribution < -0.4 is 5.84 Å². The number of amides is 1. The molecule has 0 saturated carbocycles. The first-order valence-corrected chi connectivity index (χ1v) is 5.73. The molecular weight excluding hydrogens is 244 g/mol. The molecule has 2 N–H and O–H groups in total. The number of nitrogens with zero attached hydrogens (tertiary/aromatic N) is 1. The Labute approximate surface area is 103 Å². The van der Waals surface area contributed by atoms with Gasteiger partial charge in [0.15, 0.2) is 0 Å². The molecule has 6 nitrogen and oxygen atoms in total. The Balaban J connectivity index is 2.79. The molecule has 1 aromatic rings. The normalized spacial score (nSPS) is 11.7. The van der Waals surface area contributed by atoms with Gasteiger partial charge in [-0.2, -0.15) is 0 Å². The van der Waals surface area contributed by atoms with E-state index in [1.54, 1.807) is 0 Å². The van der Waals surface area contributed by atoms with Crippen LogP contribution in [0.25, 0.3) is 0 Å². The van der Waals surface area contributed by atoms with E-state index in [0.717, 1.165) is 9.89 Å². The van der Waals surface area contributed by atoms with Crippen LogP contribution in [0, 0.1) is 0 Å². The number of methoxy groups -OCH3 is 1. The third kappa shape index (κ3) is 3.72. The van der Waals surface area contributed by atoms with Gasteiger partial charge >= 0.3 is 12.1 Å². The second kappa shape index (κ2) is 6.21. The Morgan fingerprint density at radius 2 is 2.29 bits per heavy atom. The molecule has 0 aliphatic rings. The number of rotatable bonds is 4. The molecule has 7 heteroatoms. The van der Waals surface area contributed by atoms with E-state index in [0.29, 0.717) is 0 Å². The SMILES string of the molecule is COC(=O)N(N)C(COC(C)=O)c1cccs1. The molecule has 17 heavy (non-hydrogen) atoms. The van der Waals surface area contributed by atoms with E-state index in [2.05, 4.69) is 4.74 Å². The minimum Gasteiger partial charge on any atom is -0.463 e. The zero-order valence-electron chi connectivity index (χ0n) is 9.58. The van der Waals surface area contributed by atoms with Crippen LogP contribution in [-0.2, 0) is 14.3 Å². The molecule has 0 bridgehead atoms. The van der Waals surface area contributed by atoms with E-state index in [1.807, 2.05) is 17.5 Å². The van der Waals surface area contributed by atoms with Crippen molar-refractivity contribution >= 4 is 23.4 Å². The van der Waals surface area contributed by atoms with Gasteiger partial charge in [0.05, 0.1) is 7.11 Å². The zero-order valence-corrected chi connectivity index (χ0v) is 10.4. The van der Waals surface area contributed by atoms with Gasteiger partial charge in [-0.3, -0.25) is 4.79 Å². The summed E-state index contributed by atoms with van der Waals surface area (Å²) in [5.41, 5.74) is 0. The van der Waals surface area contributed by atoms with Crippen molar-refractivity contribution in [3.63, 3.8) is 0 Å². The highest BCUT2D eigenvalue weighted by Crippen LogP contribution is 2.23. The lowest BCUT2D eigenvalue weighted by atomic mass is 10.2. The van der Waals surface area contributed by atoms with Gasteiger partial charge < -0.3 is 9.47 Å². The first-order valence-electron chi connectivity index (χ1n) is 4.85. The van der Waals surface area contributed by atoms with Crippen molar-refractivity contribution in [1.29, 1.82) is 0 Å². The summed E-state index contributed by atoms with van der Waals surface area (Å²) in [5.74, 6) is 5.20. The smallest absolute Gasteiger partial charge is 0.424 e. The lowest BCUT2D eigenvalue weighted by Crippen LogP contribution is -2.42. The molecule has 1 atom stereocenters. The van der Waals surface area contributed by atoms with E-state index < -0.39 is 18.1 Å². The van der Waals surface area contributed by atoms with Gasteiger partial charge in [-0.25, -0.2) is 15.6 Å². The highest BCUT2D eigenvalue weighted by atomic mass is 32.1. The lowest BCUT2D eigenvalue weighted by Gasteiger charge is -2.24. The fraction of sp³-hybridized carbons (Fsp3) is 0.400. The van der Waals surface area contributed by atoms with Crippen LogP contribution in [-0.4, -0.2) is 30.8 Å². The maximum Gasteiger partial charge on any atom is 0.424 e. The van der Waals surface area contributed by atoms with Crippen LogP contribution in [0.5, 0.6) is 0 Å². The van der Waals surface area contributed by atoms with Crippen LogP contribution in [0.4, 0.5) is 4.79 Å². The van der Waals surface area contributed by atoms with Crippen molar-refractivity contribution < 1.29 is 19.1 Å². The highest BCUT2D eigenvalue weighted by Gasteiger charge is 2.25. The summed E-state index contributed by atoms with van der Waals surface area (Å²) in [5, 5.41) is 2.76. The Kier molecular flexibility index (Phi) is 4.92. The van der Waals surface area contributed by atoms with Crippen molar-refractivity contribution in [2.24, 2.45) is 5.84 Å². The largest absolute Gasteiger partial charge is 0.463 e. The summed E-state index contributed by atoms with van der Waals surface area (Å²) < 4.78 is 9.41. The van der Waals surface area contributed by atoms with Gasteiger partial charge in [0.25, 0.3) is 0 Å². The Hall–Kier alpha value is -1.60. The van der Waals surface area contributed by atoms with Crippen molar-refractivity contribution in [2.45, 2.75) is 13.0 Å². The molecule has 1 rings (SSSR count). The standard InChI is InChI=1S/C10H14N2O4S/c1-7(13)16-6-8(9-4-3-5-17-9)12(11)10(14)15-2/h3-5,8H,6,11H2,1-2H3. The molecule has 1 amide bonds. The predicted octanol–water partition coefficient (Wildman–Crippen LogP) is 1.29. The second-order valence-corrected chi connectivity index (χ2v) is 4.19. The highest BCUT2D eigenvalue weighted by molar-refractivity contribution is 7.10. The van der Waals surface area contributed by atoms with Crippen LogP contribution >= 0.6 is 11.3 Å². The topological polar surface area (TPSA) is 81.9 Å². The number of carbonyl (C=O) groups is 2. The summed E-state index contributed by atoms with van der Waals surface area (Å²) in [6.45, 7) is 1.30. The van der Waals surface area contributed by atoms with E-state index in [1.165, 1.54) is 25.4 Å². The van der Waals surface area contributed by atoms with Crippen molar-refractivity contribution in [1.82, 2.24) is 5.01 Å². The summed E-state index contributed by atoms with van der Waals surface area (Å²) in [6.07, 6.45) is -0.685. The van der Waals surface area contributed by atoms with Gasteiger partial charge in [0, 0.05) is 11.8 Å². The van der Waals surface area contributed by atoms with Gasteiger partial charge in [-0.15, -0.1) is 11.3 Å².